The molecule has 1 fully saturated rings. The van der Waals surface area contributed by atoms with E-state index in [4.69, 9.17) is 4.74 Å². The van der Waals surface area contributed by atoms with Gasteiger partial charge in [0.25, 0.3) is 0 Å². The molecule has 0 aromatic rings. The van der Waals surface area contributed by atoms with Crippen LogP contribution in [0.25, 0.3) is 0 Å². The third-order valence-electron chi connectivity index (χ3n) is 4.14. The smallest absolute Gasteiger partial charge is 0.326 e. The lowest BCUT2D eigenvalue weighted by Crippen LogP contribution is -2.55. The fourth-order valence-corrected chi connectivity index (χ4v) is 2.83. The first-order chi connectivity index (χ1) is 9.37. The predicted molar refractivity (Wildman–Crippen MR) is 82.8 cm³/mol. The maximum atomic E-state index is 12.2. The second-order valence-corrected chi connectivity index (χ2v) is 6.63. The van der Waals surface area contributed by atoms with Gasteiger partial charge in [-0.15, -0.1) is 0 Å². The molecule has 4 nitrogen and oxygen atoms in total. The summed E-state index contributed by atoms with van der Waals surface area (Å²) in [6.07, 6.45) is 3.35. The van der Waals surface area contributed by atoms with E-state index >= 15 is 0 Å². The van der Waals surface area contributed by atoms with E-state index < -0.39 is 5.54 Å². The van der Waals surface area contributed by atoms with E-state index in [-0.39, 0.29) is 12.0 Å². The largest absolute Gasteiger partial charge is 0.465 e. The van der Waals surface area contributed by atoms with E-state index in [9.17, 15) is 4.79 Å². The third-order valence-corrected chi connectivity index (χ3v) is 4.14. The lowest BCUT2D eigenvalue weighted by Gasteiger charge is -2.35. The highest BCUT2D eigenvalue weighted by Crippen LogP contribution is 2.19. The number of rotatable bonds is 7. The highest BCUT2D eigenvalue weighted by molar-refractivity contribution is 5.80. The minimum atomic E-state index is -0.576. The Morgan fingerprint density at radius 3 is 2.50 bits per heavy atom. The van der Waals surface area contributed by atoms with Crippen LogP contribution in [0.2, 0.25) is 0 Å². The first-order valence-electron chi connectivity index (χ1n) is 8.04. The number of hydrogen-bond acceptors (Lipinski definition) is 4. The van der Waals surface area contributed by atoms with E-state index in [2.05, 4.69) is 31.0 Å². The average Bonchev–Trinajstić information content (AvgIpc) is 2.37. The molecule has 20 heavy (non-hydrogen) atoms. The first kappa shape index (κ1) is 17.4. The lowest BCUT2D eigenvalue weighted by atomic mass is 9.94. The summed E-state index contributed by atoms with van der Waals surface area (Å²) in [6.45, 7) is 14.0. The Hall–Kier alpha value is -0.610. The molecule has 1 atom stereocenters. The number of esters is 1. The van der Waals surface area contributed by atoms with Crippen molar-refractivity contribution >= 4 is 5.97 Å². The van der Waals surface area contributed by atoms with Crippen LogP contribution in [0, 0.1) is 5.92 Å². The minimum absolute atomic E-state index is 0.126. The predicted octanol–water partition coefficient (Wildman–Crippen LogP) is 2.43. The molecule has 1 unspecified atom stereocenters. The normalized spacial score (nSPS) is 20.9. The minimum Gasteiger partial charge on any atom is -0.465 e. The van der Waals surface area contributed by atoms with Crippen molar-refractivity contribution in [3.8, 4) is 0 Å². The number of nitrogens with zero attached hydrogens (tertiary/aromatic N) is 1. The van der Waals surface area contributed by atoms with E-state index in [0.717, 1.165) is 32.0 Å². The van der Waals surface area contributed by atoms with Crippen LogP contribution in [0.4, 0.5) is 0 Å². The number of carbonyl (C=O) groups is 1. The Bertz CT molecular complexity index is 299. The van der Waals surface area contributed by atoms with Gasteiger partial charge in [0.15, 0.2) is 0 Å². The lowest BCUT2D eigenvalue weighted by molar-refractivity contribution is -0.151. The quantitative estimate of drug-likeness (QED) is 0.729. The van der Waals surface area contributed by atoms with Gasteiger partial charge in [0.1, 0.15) is 5.54 Å². The van der Waals surface area contributed by atoms with Crippen molar-refractivity contribution in [3.63, 3.8) is 0 Å². The summed E-state index contributed by atoms with van der Waals surface area (Å²) in [5, 5.41) is 3.39. The molecule has 0 radical (unpaired) electrons. The Kier molecular flexibility index (Phi) is 6.96. The van der Waals surface area contributed by atoms with Crippen molar-refractivity contribution in [1.29, 1.82) is 0 Å². The highest BCUT2D eigenvalue weighted by atomic mass is 16.5. The summed E-state index contributed by atoms with van der Waals surface area (Å²) in [4.78, 5) is 14.7. The SMILES string of the molecule is CCOC(=O)C(C)(CCN1CCC(C)CC1)NC(C)C. The van der Waals surface area contributed by atoms with Crippen LogP contribution < -0.4 is 5.32 Å². The zero-order chi connectivity index (χ0) is 15.2. The second kappa shape index (κ2) is 7.99. The van der Waals surface area contributed by atoms with Crippen molar-refractivity contribution in [1.82, 2.24) is 10.2 Å². The third kappa shape index (κ3) is 5.41. The molecule has 1 rings (SSSR count). The van der Waals surface area contributed by atoms with Gasteiger partial charge in [-0.3, -0.25) is 10.1 Å². The number of nitrogens with one attached hydrogen (secondary N) is 1. The molecular weight excluding hydrogens is 252 g/mol. The van der Waals surface area contributed by atoms with Gasteiger partial charge in [-0.05, 0) is 66.0 Å². The van der Waals surface area contributed by atoms with Crippen LogP contribution in [-0.4, -0.2) is 48.7 Å². The van der Waals surface area contributed by atoms with Gasteiger partial charge in [0, 0.05) is 12.6 Å². The van der Waals surface area contributed by atoms with E-state index in [1.807, 2.05) is 13.8 Å². The summed E-state index contributed by atoms with van der Waals surface area (Å²) in [5.41, 5.74) is -0.576. The van der Waals surface area contributed by atoms with Gasteiger partial charge in [-0.25, -0.2) is 0 Å². The van der Waals surface area contributed by atoms with E-state index in [1.165, 1.54) is 12.8 Å². The molecule has 0 amide bonds. The molecule has 118 valence electrons. The molecule has 0 bridgehead atoms. The van der Waals surface area contributed by atoms with Gasteiger partial charge in [-0.2, -0.15) is 0 Å². The number of likely N-dealkylation sites (tertiary alicyclic amines) is 1. The average molecular weight is 284 g/mol. The van der Waals surface area contributed by atoms with Gasteiger partial charge >= 0.3 is 5.97 Å². The Morgan fingerprint density at radius 2 is 2.00 bits per heavy atom. The standard InChI is InChI=1S/C16H32N2O2/c1-6-20-15(19)16(5,17-13(2)3)9-12-18-10-7-14(4)8-11-18/h13-14,17H,6-12H2,1-5H3. The van der Waals surface area contributed by atoms with Crippen LogP contribution in [0.15, 0.2) is 0 Å². The summed E-state index contributed by atoms with van der Waals surface area (Å²) < 4.78 is 5.24. The number of carbonyl (C=O) groups excluding carboxylic acids is 1. The molecule has 0 aromatic heterocycles. The Morgan fingerprint density at radius 1 is 1.40 bits per heavy atom. The van der Waals surface area contributed by atoms with Gasteiger partial charge in [-0.1, -0.05) is 6.92 Å². The van der Waals surface area contributed by atoms with Crippen LogP contribution in [0.3, 0.4) is 0 Å². The van der Waals surface area contributed by atoms with Gasteiger partial charge < -0.3 is 9.64 Å². The summed E-state index contributed by atoms with van der Waals surface area (Å²) in [5.74, 6) is 0.718. The van der Waals surface area contributed by atoms with Crippen LogP contribution in [-0.2, 0) is 9.53 Å². The molecule has 1 aliphatic rings. The Labute approximate surface area is 124 Å². The molecule has 0 spiro atoms. The molecule has 1 N–H and O–H groups in total. The zero-order valence-corrected chi connectivity index (χ0v) is 13.9. The molecule has 1 heterocycles. The van der Waals surface area contributed by atoms with E-state index in [1.54, 1.807) is 0 Å². The maximum Gasteiger partial charge on any atom is 0.326 e. The van der Waals surface area contributed by atoms with Crippen molar-refractivity contribution in [2.24, 2.45) is 5.92 Å². The van der Waals surface area contributed by atoms with Crippen molar-refractivity contribution in [2.75, 3.05) is 26.2 Å². The van der Waals surface area contributed by atoms with Crippen molar-refractivity contribution in [3.05, 3.63) is 0 Å². The zero-order valence-electron chi connectivity index (χ0n) is 13.9. The van der Waals surface area contributed by atoms with Crippen molar-refractivity contribution in [2.45, 2.75) is 65.5 Å². The fourth-order valence-electron chi connectivity index (χ4n) is 2.83. The molecule has 1 saturated heterocycles. The highest BCUT2D eigenvalue weighted by Gasteiger charge is 2.35. The van der Waals surface area contributed by atoms with Crippen LogP contribution >= 0.6 is 0 Å². The molecule has 0 aliphatic carbocycles. The molecule has 4 heteroatoms. The molecule has 1 aliphatic heterocycles. The van der Waals surface area contributed by atoms with Crippen LogP contribution in [0.5, 0.6) is 0 Å². The summed E-state index contributed by atoms with van der Waals surface area (Å²) >= 11 is 0. The summed E-state index contributed by atoms with van der Waals surface area (Å²) in [6, 6.07) is 0.269. The van der Waals surface area contributed by atoms with Gasteiger partial charge in [0.2, 0.25) is 0 Å². The summed E-state index contributed by atoms with van der Waals surface area (Å²) in [7, 11) is 0. The first-order valence-corrected chi connectivity index (χ1v) is 8.04. The Balaban J connectivity index is 2.53. The monoisotopic (exact) mass is 284 g/mol. The van der Waals surface area contributed by atoms with E-state index in [0.29, 0.717) is 6.61 Å². The second-order valence-electron chi connectivity index (χ2n) is 6.63. The molecule has 0 aromatic carbocycles. The topological polar surface area (TPSA) is 41.6 Å². The fraction of sp³-hybridized carbons (Fsp3) is 0.938. The van der Waals surface area contributed by atoms with Gasteiger partial charge in [0.05, 0.1) is 6.61 Å². The maximum absolute atomic E-state index is 12.2. The molecular formula is C16H32N2O2. The van der Waals surface area contributed by atoms with Crippen molar-refractivity contribution < 1.29 is 9.53 Å². The number of hydrogen-bond donors (Lipinski definition) is 1. The molecule has 0 saturated carbocycles. The number of piperidine rings is 1. The van der Waals surface area contributed by atoms with Crippen LogP contribution in [0.1, 0.15) is 53.9 Å². The number of ether oxygens (including phenoxy) is 1.